The van der Waals surface area contributed by atoms with Gasteiger partial charge in [-0.2, -0.15) is 5.10 Å². The molecule has 2 aromatic carbocycles. The molecule has 30 heavy (non-hydrogen) atoms. The van der Waals surface area contributed by atoms with Crippen molar-refractivity contribution >= 4 is 23.3 Å². The second-order valence-electron chi connectivity index (χ2n) is 6.99. The van der Waals surface area contributed by atoms with Crippen LogP contribution in [0, 0.1) is 27.7 Å². The summed E-state index contributed by atoms with van der Waals surface area (Å²) in [5.41, 5.74) is 4.49. The molecular formula is C23H23N3O4. The molecule has 0 fully saturated rings. The lowest BCUT2D eigenvalue weighted by molar-refractivity contribution is -0.142. The highest BCUT2D eigenvalue weighted by Gasteiger charge is 2.27. The third-order valence-corrected chi connectivity index (χ3v) is 4.92. The van der Waals surface area contributed by atoms with Crippen molar-refractivity contribution in [3.8, 4) is 5.69 Å². The van der Waals surface area contributed by atoms with Crippen molar-refractivity contribution < 1.29 is 19.1 Å². The van der Waals surface area contributed by atoms with Crippen molar-refractivity contribution in [2.24, 2.45) is 0 Å². The molecule has 0 aliphatic carbocycles. The molecule has 1 heterocycles. The largest absolute Gasteiger partial charge is 0.450 e. The van der Waals surface area contributed by atoms with E-state index in [-0.39, 0.29) is 5.56 Å². The minimum atomic E-state index is -1.09. The number of hydrogen-bond donors (Lipinski definition) is 1. The number of hydrogen-bond acceptors (Lipinski definition) is 5. The van der Waals surface area contributed by atoms with Crippen LogP contribution >= 0.6 is 0 Å². The molecule has 154 valence electrons. The van der Waals surface area contributed by atoms with Crippen LogP contribution in [0.25, 0.3) is 5.69 Å². The number of aryl methyl sites for hydroxylation is 2. The summed E-state index contributed by atoms with van der Waals surface area (Å²) in [7, 11) is 0. The van der Waals surface area contributed by atoms with Crippen molar-refractivity contribution in [3.05, 3.63) is 76.6 Å². The van der Waals surface area contributed by atoms with E-state index in [4.69, 9.17) is 4.74 Å². The summed E-state index contributed by atoms with van der Waals surface area (Å²) < 4.78 is 6.55. The Morgan fingerprint density at radius 2 is 1.67 bits per heavy atom. The monoisotopic (exact) mass is 405 g/mol. The molecule has 7 nitrogen and oxygen atoms in total. The highest BCUT2D eigenvalue weighted by molar-refractivity contribution is 6.41. The highest BCUT2D eigenvalue weighted by atomic mass is 16.5. The maximum Gasteiger partial charge on any atom is 0.380 e. The summed E-state index contributed by atoms with van der Waals surface area (Å²) in [4.78, 5) is 37.1. The molecule has 0 radical (unpaired) electrons. The second-order valence-corrected chi connectivity index (χ2v) is 6.99. The third-order valence-electron chi connectivity index (χ3n) is 4.92. The molecule has 3 aromatic rings. The van der Waals surface area contributed by atoms with E-state index >= 15 is 0 Å². The van der Waals surface area contributed by atoms with Crippen molar-refractivity contribution in [2.75, 3.05) is 11.9 Å². The van der Waals surface area contributed by atoms with Gasteiger partial charge in [0.25, 0.3) is 11.7 Å². The summed E-state index contributed by atoms with van der Waals surface area (Å²) in [6.07, 6.45) is 0. The Balaban J connectivity index is 1.68. The van der Waals surface area contributed by atoms with Gasteiger partial charge in [-0.25, -0.2) is 9.48 Å². The van der Waals surface area contributed by atoms with Crippen molar-refractivity contribution in [2.45, 2.75) is 27.7 Å². The van der Waals surface area contributed by atoms with Gasteiger partial charge in [-0.1, -0.05) is 30.3 Å². The van der Waals surface area contributed by atoms with E-state index in [1.807, 2.05) is 56.3 Å². The zero-order valence-corrected chi connectivity index (χ0v) is 17.4. The number of carbonyl (C=O) groups is 3. The molecule has 7 heteroatoms. The molecule has 0 atom stereocenters. The zero-order chi connectivity index (χ0) is 21.8. The lowest BCUT2D eigenvalue weighted by Crippen LogP contribution is -2.26. The Morgan fingerprint density at radius 1 is 0.967 bits per heavy atom. The van der Waals surface area contributed by atoms with Gasteiger partial charge in [-0.05, 0) is 57.0 Å². The molecule has 0 spiro atoms. The number of benzene rings is 2. The average Bonchev–Trinajstić information content (AvgIpc) is 3.03. The molecule has 0 unspecified atom stereocenters. The first kappa shape index (κ1) is 21.0. The first-order chi connectivity index (χ1) is 14.3. The summed E-state index contributed by atoms with van der Waals surface area (Å²) in [5, 5.41) is 7.05. The first-order valence-electron chi connectivity index (χ1n) is 9.48. The van der Waals surface area contributed by atoms with Crippen molar-refractivity contribution in [1.82, 2.24) is 9.78 Å². The number of carbonyl (C=O) groups excluding carboxylic acids is 3. The van der Waals surface area contributed by atoms with Gasteiger partial charge < -0.3 is 10.1 Å². The Morgan fingerprint density at radius 3 is 2.37 bits per heavy atom. The van der Waals surface area contributed by atoms with E-state index in [2.05, 4.69) is 10.4 Å². The van der Waals surface area contributed by atoms with Gasteiger partial charge in [0, 0.05) is 5.69 Å². The van der Waals surface area contributed by atoms with E-state index in [1.54, 1.807) is 24.6 Å². The van der Waals surface area contributed by atoms with Gasteiger partial charge in [-0.3, -0.25) is 9.59 Å². The van der Waals surface area contributed by atoms with E-state index in [0.29, 0.717) is 17.1 Å². The van der Waals surface area contributed by atoms with Crippen LogP contribution in [-0.2, 0) is 14.3 Å². The van der Waals surface area contributed by atoms with Crippen LogP contribution in [-0.4, -0.2) is 34.0 Å². The molecule has 0 saturated carbocycles. The summed E-state index contributed by atoms with van der Waals surface area (Å²) in [6, 6.07) is 14.8. The Labute approximate surface area is 174 Å². The fourth-order valence-corrected chi connectivity index (χ4v) is 3.16. The van der Waals surface area contributed by atoms with Crippen LogP contribution < -0.4 is 5.32 Å². The van der Waals surface area contributed by atoms with Gasteiger partial charge in [0.2, 0.25) is 0 Å². The third kappa shape index (κ3) is 4.30. The topological polar surface area (TPSA) is 90.3 Å². The maximum atomic E-state index is 12.6. The van der Waals surface area contributed by atoms with E-state index in [0.717, 1.165) is 16.8 Å². The predicted octanol–water partition coefficient (Wildman–Crippen LogP) is 3.47. The number of rotatable bonds is 6. The first-order valence-corrected chi connectivity index (χ1v) is 9.48. The second kappa shape index (κ2) is 8.73. The number of Topliss-reactive ketones (excluding diaryl/α,β-unsaturated/α-hetero) is 1. The minimum Gasteiger partial charge on any atom is -0.450 e. The molecule has 3 rings (SSSR count). The Bertz CT molecular complexity index is 1120. The fraction of sp³-hybridized carbons (Fsp3) is 0.217. The number of ether oxygens (including phenoxy) is 1. The van der Waals surface area contributed by atoms with Gasteiger partial charge in [0.1, 0.15) is 0 Å². The fourth-order valence-electron chi connectivity index (χ4n) is 3.16. The number of nitrogens with one attached hydrogen (secondary N) is 1. The molecule has 1 aromatic heterocycles. The van der Waals surface area contributed by atoms with Crippen LogP contribution in [0.2, 0.25) is 0 Å². The number of nitrogens with zero attached hydrogens (tertiary/aromatic N) is 2. The normalized spacial score (nSPS) is 10.5. The van der Waals surface area contributed by atoms with Gasteiger partial charge in [-0.15, -0.1) is 0 Å². The summed E-state index contributed by atoms with van der Waals surface area (Å²) >= 11 is 0. The van der Waals surface area contributed by atoms with Crippen LogP contribution in [0.4, 0.5) is 5.69 Å². The highest BCUT2D eigenvalue weighted by Crippen LogP contribution is 2.19. The lowest BCUT2D eigenvalue weighted by atomic mass is 10.1. The smallest absolute Gasteiger partial charge is 0.380 e. The predicted molar refractivity (Wildman–Crippen MR) is 113 cm³/mol. The van der Waals surface area contributed by atoms with Crippen LogP contribution in [0.1, 0.15) is 32.9 Å². The lowest BCUT2D eigenvalue weighted by Gasteiger charge is -2.10. The molecule has 0 saturated heterocycles. The average molecular weight is 405 g/mol. The maximum absolute atomic E-state index is 12.6. The Hall–Kier alpha value is -3.74. The molecule has 0 aliphatic rings. The van der Waals surface area contributed by atoms with E-state index < -0.39 is 24.3 Å². The van der Waals surface area contributed by atoms with E-state index in [9.17, 15) is 14.4 Å². The number of anilines is 1. The van der Waals surface area contributed by atoms with Crippen molar-refractivity contribution in [1.29, 1.82) is 0 Å². The molecule has 0 bridgehead atoms. The molecule has 1 amide bonds. The number of ketones is 1. The van der Waals surface area contributed by atoms with Crippen molar-refractivity contribution in [3.63, 3.8) is 0 Å². The quantitative estimate of drug-likeness (QED) is 0.385. The Kier molecular flexibility index (Phi) is 6.11. The minimum absolute atomic E-state index is 0.179. The summed E-state index contributed by atoms with van der Waals surface area (Å²) in [5.74, 6) is -2.44. The molecular weight excluding hydrogens is 382 g/mol. The van der Waals surface area contributed by atoms with Crippen LogP contribution in [0.15, 0.2) is 48.5 Å². The van der Waals surface area contributed by atoms with Gasteiger partial charge >= 0.3 is 5.97 Å². The van der Waals surface area contributed by atoms with Gasteiger partial charge in [0.05, 0.1) is 22.6 Å². The zero-order valence-electron chi connectivity index (χ0n) is 17.4. The van der Waals surface area contributed by atoms with Crippen LogP contribution in [0.5, 0.6) is 0 Å². The molecule has 1 N–H and O–H groups in total. The van der Waals surface area contributed by atoms with Crippen LogP contribution in [0.3, 0.4) is 0 Å². The molecule has 0 aliphatic heterocycles. The number of amides is 1. The standard InChI is InChI=1S/C23H23N3O4/c1-14-9-8-12-19(15(14)2)24-20(27)13-30-23(29)22(28)21-16(3)25-26(17(21)4)18-10-6-5-7-11-18/h5-12H,13H2,1-4H3,(H,24,27). The number of esters is 1. The van der Waals surface area contributed by atoms with Gasteiger partial charge in [0.15, 0.2) is 6.61 Å². The SMILES string of the molecule is Cc1cccc(NC(=O)COC(=O)C(=O)c2c(C)nn(-c3ccccc3)c2C)c1C. The number of para-hydroxylation sites is 1. The number of aromatic nitrogens is 2. The van der Waals surface area contributed by atoms with E-state index in [1.165, 1.54) is 0 Å². The summed E-state index contributed by atoms with van der Waals surface area (Å²) in [6.45, 7) is 6.63.